The Bertz CT molecular complexity index is 28.1. The zero-order chi connectivity index (χ0) is 7.41. The molecule has 0 fully saturated rings. The number of hydrogen-bond acceptors (Lipinski definition) is 1. The Labute approximate surface area is 77.7 Å². The van der Waals surface area contributed by atoms with Crippen molar-refractivity contribution in [3.05, 3.63) is 0 Å². The van der Waals surface area contributed by atoms with E-state index < -0.39 is 0 Å². The molecule has 0 radical (unpaired) electrons. The minimum Gasteiger partial charge on any atom is -0.0776 e. The van der Waals surface area contributed by atoms with Crippen molar-refractivity contribution >= 4 is 19.2 Å². The summed E-state index contributed by atoms with van der Waals surface area (Å²) in [5, 5.41) is 0. The largest absolute Gasteiger partial charge is 0.0776 e. The van der Waals surface area contributed by atoms with Crippen LogP contribution >= 0.6 is 7.36 Å². The van der Waals surface area contributed by atoms with E-state index in [1.807, 2.05) is 20.5 Å². The van der Waals surface area contributed by atoms with Crippen molar-refractivity contribution in [2.45, 2.75) is 50.0 Å². The van der Waals surface area contributed by atoms with Crippen LogP contribution in [0.5, 0.6) is 0 Å². The van der Waals surface area contributed by atoms with Gasteiger partial charge in [0.2, 0.25) is 0 Å². The first-order valence-electron chi connectivity index (χ1n) is 3.04. The molecule has 0 unspecified atom stereocenters. The Morgan fingerprint density at radius 1 is 1.10 bits per heavy atom. The van der Waals surface area contributed by atoms with Gasteiger partial charge in [0.05, 0.1) is 0 Å². The highest BCUT2D eigenvalue weighted by atomic mass is 32.4. The summed E-state index contributed by atoms with van der Waals surface area (Å²) in [4.78, 5) is 0. The molecule has 0 aromatic carbocycles. The zero-order valence-electron chi connectivity index (χ0n) is 6.56. The molecule has 10 heavy (non-hydrogen) atoms. The third kappa shape index (κ3) is 1780. The molecule has 0 aliphatic rings. The fraction of sp³-hybridized carbons (Fsp3) is 1.00. The van der Waals surface area contributed by atoms with Crippen molar-refractivity contribution in [2.75, 3.05) is 6.66 Å². The van der Waals surface area contributed by atoms with Gasteiger partial charge in [-0.25, -0.2) is 0 Å². The normalized spacial score (nSPS) is 4.60. The maximum absolute atomic E-state index is 6.21. The lowest BCUT2D eigenvalue weighted by molar-refractivity contribution is 1.50. The summed E-state index contributed by atoms with van der Waals surface area (Å²) in [6.45, 7) is 8.20. The van der Waals surface area contributed by atoms with Crippen LogP contribution in [0, 0.1) is 0 Å². The van der Waals surface area contributed by atoms with Crippen LogP contribution in [0.4, 0.5) is 0 Å². The van der Waals surface area contributed by atoms with Crippen LogP contribution in [-0.4, -0.2) is 6.66 Å². The van der Waals surface area contributed by atoms with Gasteiger partial charge in [-0.2, -0.15) is 0 Å². The first-order chi connectivity index (χ1) is 3.83. The second-order valence-corrected chi connectivity index (χ2v) is 1.64. The first-order valence-corrected chi connectivity index (χ1v) is 4.69. The molecule has 0 amide bonds. The van der Waals surface area contributed by atoms with Crippen molar-refractivity contribution in [1.82, 2.24) is 0 Å². The Hall–Kier alpha value is 0.520. The van der Waals surface area contributed by atoms with Gasteiger partial charge >= 0.3 is 0 Å². The van der Waals surface area contributed by atoms with Gasteiger partial charge in [0, 0.05) is 1.37 Å². The Balaban J connectivity index is -0.00000000764. The molecule has 0 bridgehead atoms. The van der Waals surface area contributed by atoms with Gasteiger partial charge in [0.1, 0.15) is 0 Å². The summed E-state index contributed by atoms with van der Waals surface area (Å²) in [7, 11) is 1.00. The molecule has 0 saturated heterocycles. The van der Waals surface area contributed by atoms with E-state index in [2.05, 4.69) is 11.8 Å². The van der Waals surface area contributed by atoms with Gasteiger partial charge in [0.15, 0.2) is 0 Å². The van der Waals surface area contributed by atoms with Crippen molar-refractivity contribution < 1.29 is 1.37 Å². The van der Waals surface area contributed by atoms with Crippen LogP contribution in [0.15, 0.2) is 0 Å². The highest BCUT2D eigenvalue weighted by Crippen LogP contribution is 1.69. The second-order valence-electron chi connectivity index (χ2n) is 0.183. The van der Waals surface area contributed by atoms with E-state index in [1.54, 1.807) is 6.92 Å². The molecule has 0 heterocycles. The van der Waals surface area contributed by atoms with Crippen molar-refractivity contribution in [3.8, 4) is 0 Å². The molecule has 0 N–H and O–H groups in total. The third-order valence-electron chi connectivity index (χ3n) is 0. The van der Waals surface area contributed by atoms with Crippen LogP contribution in [0.3, 0.4) is 0 Å². The average Bonchev–Trinajstić information content (AvgIpc) is 1.75. The number of rotatable bonds is 0. The summed E-state index contributed by atoms with van der Waals surface area (Å²) in [6, 6.07) is 0. The average molecular weight is 187 g/mol. The molecule has 0 aliphatic heterocycles. The van der Waals surface area contributed by atoms with Crippen LogP contribution in [0.2, 0.25) is 0 Å². The lowest BCUT2D eigenvalue weighted by Gasteiger charge is -1.25. The molecule has 0 aliphatic carbocycles. The van der Waals surface area contributed by atoms with Gasteiger partial charge in [-0.15, -0.1) is 0 Å². The predicted molar refractivity (Wildman–Crippen MR) is 63.1 cm³/mol. The monoisotopic (exact) mass is 187 g/mol. The van der Waals surface area contributed by atoms with Crippen LogP contribution in [0.25, 0.3) is 0 Å². The van der Waals surface area contributed by atoms with E-state index in [9.17, 15) is 0 Å². The molecule has 0 spiro atoms. The molecular weight excluding hydrogens is 159 g/mol. The topological polar surface area (TPSA) is 0 Å². The molecule has 0 nitrogen and oxygen atoms in total. The van der Waals surface area contributed by atoms with Gasteiger partial charge < -0.3 is 0 Å². The summed E-state index contributed by atoms with van der Waals surface area (Å²) in [6.07, 6.45) is 0. The number of hydrogen-bond donors (Lipinski definition) is 0. The Kier molecular flexibility index (Phi) is 936. The van der Waals surface area contributed by atoms with E-state index in [1.165, 1.54) is 0 Å². The van der Waals surface area contributed by atoms with E-state index in [4.69, 9.17) is 1.37 Å². The minimum atomic E-state index is 0. The highest BCUT2D eigenvalue weighted by molar-refractivity contribution is 7.96. The van der Waals surface area contributed by atoms with Gasteiger partial charge in [-0.1, -0.05) is 61.8 Å². The lowest BCUT2D eigenvalue weighted by Crippen LogP contribution is -0.966. The van der Waals surface area contributed by atoms with Crippen molar-refractivity contribution in [1.29, 1.82) is 0 Å². The quantitative estimate of drug-likeness (QED) is 0.482. The molecule has 2 heteroatoms. The van der Waals surface area contributed by atoms with Crippen LogP contribution < -0.4 is 0 Å². The Morgan fingerprint density at radius 3 is 1.10 bits per heavy atom. The smallest absolute Gasteiger partial charge is 0.0228 e. The molecule has 0 atom stereocenters. The second kappa shape index (κ2) is 299. The van der Waals surface area contributed by atoms with Crippen LogP contribution in [-0.2, 0) is 11.8 Å². The van der Waals surface area contributed by atoms with E-state index in [0.717, 1.165) is 7.36 Å². The molecular formula is C8H27PS. The third-order valence-corrected chi connectivity index (χ3v) is 0. The predicted octanol–water partition coefficient (Wildman–Crippen LogP) is 4.99. The van der Waals surface area contributed by atoms with Crippen LogP contribution in [0.1, 0.15) is 51.3 Å². The van der Waals surface area contributed by atoms with Gasteiger partial charge in [-0.05, 0) is 14.0 Å². The highest BCUT2D eigenvalue weighted by Gasteiger charge is 1.20. The van der Waals surface area contributed by atoms with Crippen molar-refractivity contribution in [2.24, 2.45) is 0 Å². The molecule has 0 aromatic rings. The van der Waals surface area contributed by atoms with Gasteiger partial charge in [0.25, 0.3) is 0 Å². The summed E-state index contributed by atoms with van der Waals surface area (Å²) < 4.78 is 6.21. The van der Waals surface area contributed by atoms with Crippen molar-refractivity contribution in [3.63, 3.8) is 0 Å². The fourth-order valence-electron chi connectivity index (χ4n) is 0. The van der Waals surface area contributed by atoms with E-state index in [-0.39, 0.29) is 22.3 Å². The van der Waals surface area contributed by atoms with Gasteiger partial charge in [-0.3, -0.25) is 0 Å². The summed E-state index contributed by atoms with van der Waals surface area (Å²) in [5.41, 5.74) is 0. The fourth-order valence-corrected chi connectivity index (χ4v) is 0. The molecule has 70 valence electrons. The van der Waals surface area contributed by atoms with E-state index >= 15 is 0 Å². The zero-order valence-corrected chi connectivity index (χ0v) is 7.27. The SMILES string of the molecule is C.C.C.CC.CP=S.[2H]CC. The molecule has 0 rings (SSSR count). The van der Waals surface area contributed by atoms with E-state index in [0.29, 0.717) is 6.90 Å². The molecule has 0 aromatic heterocycles. The Morgan fingerprint density at radius 2 is 1.10 bits per heavy atom. The first kappa shape index (κ1) is 31.3. The lowest BCUT2D eigenvalue weighted by atomic mass is 11.0. The maximum Gasteiger partial charge on any atom is 0.0228 e. The minimum absolute atomic E-state index is 0. The standard InChI is InChI=1S/2C2H6.CH3PS.3CH4/c2*1-2;1-2-3;;;/h2*1-2H3;1H3;3*1H4/i1D;;;;;. The maximum atomic E-state index is 6.21. The summed E-state index contributed by atoms with van der Waals surface area (Å²) >= 11 is 4.37. The molecule has 0 saturated carbocycles. The summed E-state index contributed by atoms with van der Waals surface area (Å²) in [5.74, 6) is 0.